The van der Waals surface area contributed by atoms with E-state index >= 15 is 0 Å². The van der Waals surface area contributed by atoms with Crippen molar-refractivity contribution in [1.82, 2.24) is 0 Å². The van der Waals surface area contributed by atoms with E-state index in [4.69, 9.17) is 0 Å². The fourth-order valence-corrected chi connectivity index (χ4v) is 1.64. The molecule has 0 aliphatic carbocycles. The molecule has 0 bridgehead atoms. The summed E-state index contributed by atoms with van der Waals surface area (Å²) in [5.41, 5.74) is 0. The summed E-state index contributed by atoms with van der Waals surface area (Å²) in [5, 5.41) is 3.17. The van der Waals surface area contributed by atoms with E-state index in [-0.39, 0.29) is 5.82 Å². The van der Waals surface area contributed by atoms with Crippen molar-refractivity contribution in [2.45, 2.75) is 0 Å². The molecule has 0 N–H and O–H groups in total. The molecule has 0 atom stereocenters. The van der Waals surface area contributed by atoms with E-state index in [1.54, 1.807) is 18.2 Å². The summed E-state index contributed by atoms with van der Waals surface area (Å²) in [7, 11) is 0. The lowest BCUT2D eigenvalue weighted by Gasteiger charge is -1.93. The Bertz CT molecular complexity index is 700. The highest BCUT2D eigenvalue weighted by atomic mass is 19.1. The lowest BCUT2D eigenvalue weighted by atomic mass is 10.1. The zero-order valence-corrected chi connectivity index (χ0v) is 9.49. The van der Waals surface area contributed by atoms with Gasteiger partial charge in [0, 0.05) is 5.22 Å². The monoisotopic (exact) mass is 224 g/mol. The molecule has 17 heavy (non-hydrogen) atoms. The summed E-state index contributed by atoms with van der Waals surface area (Å²) in [4.78, 5) is 0. The first-order chi connectivity index (χ1) is 8.16. The summed E-state index contributed by atoms with van der Waals surface area (Å²) in [5.74, 6) is -0.328. The first-order valence-electron chi connectivity index (χ1n) is 5.37. The Morgan fingerprint density at radius 1 is 0.765 bits per heavy atom. The zero-order chi connectivity index (χ0) is 12.3. The molecule has 2 aromatic carbocycles. The summed E-state index contributed by atoms with van der Waals surface area (Å²) in [6.07, 6.45) is 0. The predicted molar refractivity (Wildman–Crippen MR) is 71.8 cm³/mol. The van der Waals surface area contributed by atoms with E-state index in [1.807, 2.05) is 30.3 Å². The molecule has 0 spiro atoms. The van der Waals surface area contributed by atoms with E-state index in [9.17, 15) is 4.39 Å². The number of benzene rings is 1. The molecule has 0 unspecified atom stereocenters. The molecule has 0 aromatic heterocycles. The molecule has 0 heterocycles. The largest absolute Gasteiger partial charge is 0.206 e. The molecule has 84 valence electrons. The van der Waals surface area contributed by atoms with Crippen LogP contribution in [0.1, 0.15) is 0 Å². The number of hydrogen-bond donors (Lipinski definition) is 0. The van der Waals surface area contributed by atoms with Crippen molar-refractivity contribution in [3.63, 3.8) is 0 Å². The topological polar surface area (TPSA) is 0 Å². The third kappa shape index (κ3) is 2.70. The normalized spacial score (nSPS) is 9.94. The molecule has 0 saturated carbocycles. The van der Waals surface area contributed by atoms with E-state index in [1.165, 1.54) is 6.07 Å². The SMILES string of the molecule is C=c1cccc(F)c(=C)cc2ccccc2c1. The molecule has 0 fully saturated rings. The maximum Gasteiger partial charge on any atom is 0.129 e. The lowest BCUT2D eigenvalue weighted by Crippen LogP contribution is -2.00. The smallest absolute Gasteiger partial charge is 0.129 e. The molecule has 2 rings (SSSR count). The van der Waals surface area contributed by atoms with Crippen molar-refractivity contribution >= 4 is 23.9 Å². The molecule has 0 aliphatic heterocycles. The Kier molecular flexibility index (Phi) is 3.20. The fourth-order valence-electron chi connectivity index (χ4n) is 1.64. The first kappa shape index (κ1) is 11.3. The molecule has 0 radical (unpaired) electrons. The van der Waals surface area contributed by atoms with Crippen molar-refractivity contribution < 1.29 is 4.39 Å². The Morgan fingerprint density at radius 3 is 2.12 bits per heavy atom. The van der Waals surface area contributed by atoms with Crippen molar-refractivity contribution in [2.75, 3.05) is 0 Å². The maximum absolute atomic E-state index is 13.6. The van der Waals surface area contributed by atoms with Crippen LogP contribution in [-0.4, -0.2) is 0 Å². The summed E-state index contributed by atoms with van der Waals surface area (Å²) in [6, 6.07) is 16.3. The van der Waals surface area contributed by atoms with E-state index in [0.717, 1.165) is 16.0 Å². The molecule has 0 nitrogen and oxygen atoms in total. The Labute approximate surface area is 99.7 Å². The van der Waals surface area contributed by atoms with Crippen molar-refractivity contribution in [3.05, 3.63) is 70.9 Å². The van der Waals surface area contributed by atoms with Crippen LogP contribution in [-0.2, 0) is 0 Å². The van der Waals surface area contributed by atoms with E-state index in [0.29, 0.717) is 5.22 Å². The molecule has 0 aliphatic rings. The Hall–Kier alpha value is -2.15. The second kappa shape index (κ2) is 4.79. The van der Waals surface area contributed by atoms with Crippen LogP contribution in [0, 0.1) is 5.82 Å². The average molecular weight is 224 g/mol. The molecular weight excluding hydrogens is 211 g/mol. The lowest BCUT2D eigenvalue weighted by molar-refractivity contribution is 0.621. The van der Waals surface area contributed by atoms with Gasteiger partial charge in [0.1, 0.15) is 5.82 Å². The minimum absolute atomic E-state index is 0.328. The van der Waals surface area contributed by atoms with Gasteiger partial charge in [0.15, 0.2) is 0 Å². The summed E-state index contributed by atoms with van der Waals surface area (Å²) in [6.45, 7) is 7.62. The number of rotatable bonds is 0. The Balaban J connectivity index is 3.02. The van der Waals surface area contributed by atoms with Gasteiger partial charge >= 0.3 is 0 Å². The fraction of sp³-hybridized carbons (Fsp3) is 0. The van der Waals surface area contributed by atoms with E-state index < -0.39 is 0 Å². The minimum atomic E-state index is -0.328. The van der Waals surface area contributed by atoms with Crippen LogP contribution in [0.15, 0.2) is 54.6 Å². The summed E-state index contributed by atoms with van der Waals surface area (Å²) >= 11 is 0. The van der Waals surface area contributed by atoms with Crippen LogP contribution in [0.3, 0.4) is 0 Å². The van der Waals surface area contributed by atoms with Crippen molar-refractivity contribution in [1.29, 1.82) is 0 Å². The van der Waals surface area contributed by atoms with Crippen LogP contribution < -0.4 is 10.4 Å². The maximum atomic E-state index is 13.6. The molecule has 1 heteroatoms. The van der Waals surface area contributed by atoms with Gasteiger partial charge < -0.3 is 0 Å². The number of halogens is 1. The quantitative estimate of drug-likeness (QED) is 0.645. The highest BCUT2D eigenvalue weighted by Crippen LogP contribution is 2.07. The highest BCUT2D eigenvalue weighted by Gasteiger charge is 1.89. The Morgan fingerprint density at radius 2 is 1.41 bits per heavy atom. The average Bonchev–Trinajstić information content (AvgIpc) is 2.30. The van der Waals surface area contributed by atoms with Gasteiger partial charge in [0.05, 0.1) is 0 Å². The van der Waals surface area contributed by atoms with Crippen LogP contribution in [0.2, 0.25) is 0 Å². The van der Waals surface area contributed by atoms with Crippen LogP contribution in [0.25, 0.3) is 23.9 Å². The van der Waals surface area contributed by atoms with Crippen LogP contribution in [0.4, 0.5) is 4.39 Å². The first-order valence-corrected chi connectivity index (χ1v) is 5.37. The zero-order valence-electron chi connectivity index (χ0n) is 9.49. The molecule has 0 amide bonds. The van der Waals surface area contributed by atoms with Gasteiger partial charge in [-0.05, 0) is 34.2 Å². The van der Waals surface area contributed by atoms with Crippen LogP contribution in [0.5, 0.6) is 0 Å². The van der Waals surface area contributed by atoms with Gasteiger partial charge in [-0.25, -0.2) is 4.39 Å². The van der Waals surface area contributed by atoms with Gasteiger partial charge in [0.2, 0.25) is 0 Å². The van der Waals surface area contributed by atoms with Gasteiger partial charge in [-0.1, -0.05) is 49.6 Å². The summed E-state index contributed by atoms with van der Waals surface area (Å²) < 4.78 is 13.6. The van der Waals surface area contributed by atoms with Gasteiger partial charge in [-0.2, -0.15) is 0 Å². The third-order valence-electron chi connectivity index (χ3n) is 2.53. The standard InChI is InChI=1S/C16H13F/c1-12-6-5-9-16(17)13(2)11-15-8-4-3-7-14(15)10-12/h3-11H,1-2H2. The van der Waals surface area contributed by atoms with Gasteiger partial charge in [0.25, 0.3) is 0 Å². The minimum Gasteiger partial charge on any atom is -0.206 e. The van der Waals surface area contributed by atoms with Crippen LogP contribution >= 0.6 is 0 Å². The second-order valence-electron chi connectivity index (χ2n) is 3.89. The molecular formula is C16H13F. The number of hydrogen-bond acceptors (Lipinski definition) is 0. The van der Waals surface area contributed by atoms with Crippen molar-refractivity contribution in [3.8, 4) is 0 Å². The molecule has 0 saturated heterocycles. The molecule has 2 aromatic rings. The van der Waals surface area contributed by atoms with Crippen molar-refractivity contribution in [2.24, 2.45) is 0 Å². The van der Waals surface area contributed by atoms with Gasteiger partial charge in [-0.15, -0.1) is 0 Å². The number of fused-ring (bicyclic) bond motifs is 1. The van der Waals surface area contributed by atoms with Gasteiger partial charge in [-0.3, -0.25) is 0 Å². The highest BCUT2D eigenvalue weighted by molar-refractivity contribution is 5.81. The predicted octanol–water partition coefficient (Wildman–Crippen LogP) is 2.92. The third-order valence-corrected chi connectivity index (χ3v) is 2.53. The second-order valence-corrected chi connectivity index (χ2v) is 3.89. The van der Waals surface area contributed by atoms with E-state index in [2.05, 4.69) is 13.2 Å².